The molecule has 1 aliphatic carbocycles. The van der Waals surface area contributed by atoms with Gasteiger partial charge >= 0.3 is 0 Å². The number of carbonyl (C=O) groups excluding carboxylic acids is 1. The third-order valence-electron chi connectivity index (χ3n) is 5.68. The monoisotopic (exact) mass is 412 g/mol. The summed E-state index contributed by atoms with van der Waals surface area (Å²) in [6, 6.07) is 19.5. The van der Waals surface area contributed by atoms with Crippen molar-refractivity contribution in [2.45, 2.75) is 25.7 Å². The second-order valence-electron chi connectivity index (χ2n) is 7.76. The zero-order valence-corrected chi connectivity index (χ0v) is 17.2. The van der Waals surface area contributed by atoms with Crippen LogP contribution in [0.2, 0.25) is 0 Å². The summed E-state index contributed by atoms with van der Waals surface area (Å²) in [7, 11) is 0. The van der Waals surface area contributed by atoms with E-state index in [1.54, 1.807) is 6.07 Å². The molecule has 0 saturated carbocycles. The maximum Gasteiger partial charge on any atom is 0.273 e. The molecule has 1 amide bonds. The van der Waals surface area contributed by atoms with E-state index in [-0.39, 0.29) is 11.6 Å². The summed E-state index contributed by atoms with van der Waals surface area (Å²) >= 11 is 0. The van der Waals surface area contributed by atoms with Crippen LogP contribution in [-0.2, 0) is 12.8 Å². The van der Waals surface area contributed by atoms with Gasteiger partial charge in [0.15, 0.2) is 11.5 Å². The number of anilines is 1. The summed E-state index contributed by atoms with van der Waals surface area (Å²) in [5.41, 5.74) is 5.87. The molecule has 156 valence electrons. The van der Waals surface area contributed by atoms with E-state index >= 15 is 0 Å². The molecule has 5 rings (SSSR count). The van der Waals surface area contributed by atoms with Crippen molar-refractivity contribution in [3.63, 3.8) is 0 Å². The van der Waals surface area contributed by atoms with Crippen molar-refractivity contribution in [3.05, 3.63) is 77.6 Å². The van der Waals surface area contributed by atoms with Crippen LogP contribution >= 0.6 is 0 Å². The van der Waals surface area contributed by atoms with Gasteiger partial charge in [-0.2, -0.15) is 0 Å². The molecule has 4 aromatic rings. The van der Waals surface area contributed by atoms with Crippen LogP contribution in [0.1, 0.15) is 34.6 Å². The zero-order valence-electron chi connectivity index (χ0n) is 17.2. The molecule has 2 aromatic heterocycles. The van der Waals surface area contributed by atoms with Crippen molar-refractivity contribution in [2.75, 3.05) is 18.4 Å². The Hall–Kier alpha value is -3.67. The number of para-hydroxylation sites is 1. The van der Waals surface area contributed by atoms with Crippen molar-refractivity contribution in [2.24, 2.45) is 0 Å². The van der Waals surface area contributed by atoms with E-state index in [9.17, 15) is 4.79 Å². The van der Waals surface area contributed by atoms with Crippen LogP contribution in [0.15, 0.2) is 65.2 Å². The number of fused-ring (bicyclic) bond motifs is 2. The van der Waals surface area contributed by atoms with Crippen LogP contribution in [0, 0.1) is 0 Å². The number of nitrogens with zero attached hydrogens (tertiary/aromatic N) is 2. The van der Waals surface area contributed by atoms with E-state index < -0.39 is 0 Å². The lowest BCUT2D eigenvalue weighted by Gasteiger charge is -2.21. The molecule has 6 heteroatoms. The maximum absolute atomic E-state index is 12.5. The number of pyridine rings is 1. The normalized spacial score (nSPS) is 13.0. The second kappa shape index (κ2) is 8.60. The Morgan fingerprint density at radius 1 is 0.968 bits per heavy atom. The molecular weight excluding hydrogens is 388 g/mol. The molecule has 0 saturated heterocycles. The highest BCUT2D eigenvalue weighted by atomic mass is 16.5. The second-order valence-corrected chi connectivity index (χ2v) is 7.76. The topological polar surface area (TPSA) is 80.0 Å². The van der Waals surface area contributed by atoms with E-state index in [0.717, 1.165) is 35.0 Å². The fraction of sp³-hybridized carbons (Fsp3) is 0.240. The van der Waals surface area contributed by atoms with Gasteiger partial charge in [0.2, 0.25) is 0 Å². The SMILES string of the molecule is O=C(NCCNc1c2c(nc3ccccc13)CCCC2)c1cc(-c2ccccc2)on1. The van der Waals surface area contributed by atoms with Gasteiger partial charge in [0.1, 0.15) is 0 Å². The number of rotatable bonds is 6. The van der Waals surface area contributed by atoms with Crippen LogP contribution in [0.3, 0.4) is 0 Å². The minimum absolute atomic E-state index is 0.241. The lowest BCUT2D eigenvalue weighted by atomic mass is 9.92. The average Bonchev–Trinajstić information content (AvgIpc) is 3.32. The van der Waals surface area contributed by atoms with Crippen LogP contribution in [-0.4, -0.2) is 29.1 Å². The summed E-state index contributed by atoms with van der Waals surface area (Å²) in [6.45, 7) is 1.10. The van der Waals surface area contributed by atoms with Gasteiger partial charge in [-0.15, -0.1) is 0 Å². The molecular formula is C25H24N4O2. The van der Waals surface area contributed by atoms with Crippen LogP contribution in [0.5, 0.6) is 0 Å². The van der Waals surface area contributed by atoms with Crippen LogP contribution in [0.25, 0.3) is 22.2 Å². The summed E-state index contributed by atoms with van der Waals surface area (Å²) in [6.07, 6.45) is 4.45. The van der Waals surface area contributed by atoms with Gasteiger partial charge in [0.05, 0.1) is 5.52 Å². The van der Waals surface area contributed by atoms with Gasteiger partial charge in [-0.3, -0.25) is 9.78 Å². The van der Waals surface area contributed by atoms with E-state index in [4.69, 9.17) is 9.51 Å². The zero-order chi connectivity index (χ0) is 21.0. The first-order chi connectivity index (χ1) is 15.3. The van der Waals surface area contributed by atoms with E-state index in [1.165, 1.54) is 24.1 Å². The van der Waals surface area contributed by atoms with Crippen LogP contribution < -0.4 is 10.6 Å². The van der Waals surface area contributed by atoms with E-state index in [2.05, 4.69) is 27.9 Å². The maximum atomic E-state index is 12.5. The van der Waals surface area contributed by atoms with Crippen molar-refractivity contribution >= 4 is 22.5 Å². The lowest BCUT2D eigenvalue weighted by molar-refractivity contribution is 0.0946. The highest BCUT2D eigenvalue weighted by Gasteiger charge is 2.18. The molecule has 0 aliphatic heterocycles. The molecule has 0 spiro atoms. The Balaban J connectivity index is 1.25. The van der Waals surface area contributed by atoms with Gasteiger partial charge < -0.3 is 15.2 Å². The van der Waals surface area contributed by atoms with Gasteiger partial charge in [0.25, 0.3) is 5.91 Å². The summed E-state index contributed by atoms with van der Waals surface area (Å²) in [5, 5.41) is 11.5. The quantitative estimate of drug-likeness (QED) is 0.452. The number of aromatic nitrogens is 2. The Morgan fingerprint density at radius 3 is 2.68 bits per heavy atom. The van der Waals surface area contributed by atoms with E-state index in [0.29, 0.717) is 18.8 Å². The first-order valence-corrected chi connectivity index (χ1v) is 10.7. The molecule has 2 N–H and O–H groups in total. The molecule has 6 nitrogen and oxygen atoms in total. The van der Waals surface area contributed by atoms with Crippen molar-refractivity contribution in [1.82, 2.24) is 15.5 Å². The standard InChI is InChI=1S/C25H24N4O2/c30-25(22-16-23(31-29-22)17-8-2-1-3-9-17)27-15-14-26-24-18-10-4-6-12-20(18)28-21-13-7-5-11-19(21)24/h1-4,6,8-10,12,16H,5,7,11,13-15H2,(H,26,28)(H,27,30). The minimum Gasteiger partial charge on any atom is -0.382 e. The van der Waals surface area contributed by atoms with Crippen molar-refractivity contribution in [1.29, 1.82) is 0 Å². The molecule has 2 aromatic carbocycles. The number of nitrogens with one attached hydrogen (secondary N) is 2. The Bertz CT molecular complexity index is 1220. The molecule has 31 heavy (non-hydrogen) atoms. The Labute approximate surface area is 180 Å². The smallest absolute Gasteiger partial charge is 0.273 e. The fourth-order valence-corrected chi connectivity index (χ4v) is 4.15. The molecule has 1 aliphatic rings. The third kappa shape index (κ3) is 4.01. The van der Waals surface area contributed by atoms with Crippen LogP contribution in [0.4, 0.5) is 5.69 Å². The number of aryl methyl sites for hydroxylation is 1. The predicted octanol–water partition coefficient (Wildman–Crippen LogP) is 4.61. The minimum atomic E-state index is -0.241. The molecule has 0 bridgehead atoms. The number of amides is 1. The average molecular weight is 412 g/mol. The number of hydrogen-bond acceptors (Lipinski definition) is 5. The fourth-order valence-electron chi connectivity index (χ4n) is 4.15. The number of hydrogen-bond donors (Lipinski definition) is 2. The summed E-state index contributed by atoms with van der Waals surface area (Å²) < 4.78 is 5.32. The summed E-state index contributed by atoms with van der Waals surface area (Å²) in [4.78, 5) is 17.3. The molecule has 2 heterocycles. The number of carbonyl (C=O) groups is 1. The third-order valence-corrected chi connectivity index (χ3v) is 5.68. The first kappa shape index (κ1) is 19.3. The van der Waals surface area contributed by atoms with Crippen molar-refractivity contribution in [3.8, 4) is 11.3 Å². The van der Waals surface area contributed by atoms with Crippen molar-refractivity contribution < 1.29 is 9.32 Å². The molecule has 0 unspecified atom stereocenters. The molecule has 0 radical (unpaired) electrons. The van der Waals surface area contributed by atoms with Gasteiger partial charge in [0, 0.05) is 41.5 Å². The Kier molecular flexibility index (Phi) is 5.35. The number of benzene rings is 2. The largest absolute Gasteiger partial charge is 0.382 e. The van der Waals surface area contributed by atoms with E-state index in [1.807, 2.05) is 42.5 Å². The lowest BCUT2D eigenvalue weighted by Crippen LogP contribution is -2.29. The first-order valence-electron chi connectivity index (χ1n) is 10.7. The van der Waals surface area contributed by atoms with Gasteiger partial charge in [-0.1, -0.05) is 53.7 Å². The predicted molar refractivity (Wildman–Crippen MR) is 121 cm³/mol. The molecule has 0 fully saturated rings. The molecule has 0 atom stereocenters. The summed E-state index contributed by atoms with van der Waals surface area (Å²) in [5.74, 6) is 0.341. The highest BCUT2D eigenvalue weighted by molar-refractivity contribution is 5.94. The highest BCUT2D eigenvalue weighted by Crippen LogP contribution is 2.33. The van der Waals surface area contributed by atoms with Gasteiger partial charge in [-0.25, -0.2) is 0 Å². The van der Waals surface area contributed by atoms with Gasteiger partial charge in [-0.05, 0) is 37.3 Å². The Morgan fingerprint density at radius 2 is 1.77 bits per heavy atom.